The van der Waals surface area contributed by atoms with Crippen LogP contribution in [0.2, 0.25) is 5.02 Å². The topological polar surface area (TPSA) is 94.9 Å². The molecular formula is C12H13ClFNO5S. The van der Waals surface area contributed by atoms with Gasteiger partial charge in [-0.05, 0) is 18.6 Å². The van der Waals surface area contributed by atoms with Gasteiger partial charge in [0.15, 0.2) is 5.82 Å². The molecule has 2 N–H and O–H groups in total. The number of carboxylic acid groups (broad SMARTS) is 1. The van der Waals surface area contributed by atoms with Crippen LogP contribution in [0.15, 0.2) is 17.0 Å². The van der Waals surface area contributed by atoms with Gasteiger partial charge >= 0.3 is 5.97 Å². The summed E-state index contributed by atoms with van der Waals surface area (Å²) >= 11 is 5.66. The number of carboxylic acids is 1. The van der Waals surface area contributed by atoms with E-state index in [1.807, 2.05) is 0 Å². The fourth-order valence-electron chi connectivity index (χ4n) is 2.05. The Labute approximate surface area is 125 Å². The zero-order valence-electron chi connectivity index (χ0n) is 11.0. The van der Waals surface area contributed by atoms with Crippen LogP contribution < -0.4 is 0 Å². The Morgan fingerprint density at radius 3 is 2.52 bits per heavy atom. The van der Waals surface area contributed by atoms with Gasteiger partial charge in [0.25, 0.3) is 0 Å². The molecule has 1 aliphatic heterocycles. The second kappa shape index (κ2) is 5.20. The summed E-state index contributed by atoms with van der Waals surface area (Å²) in [6.07, 6.45) is 0.359. The smallest absolute Gasteiger partial charge is 0.338 e. The standard InChI is InChI=1S/C12H13ClFNO5S/c1-2-12(18)5-15(6-12)21(19,20)9-4-7(13)3-8(10(9)14)11(16)17/h3-4,18H,2,5-6H2,1H3,(H,16,17). The highest BCUT2D eigenvalue weighted by atomic mass is 35.5. The van der Waals surface area contributed by atoms with E-state index in [4.69, 9.17) is 16.7 Å². The van der Waals surface area contributed by atoms with E-state index in [1.54, 1.807) is 6.92 Å². The van der Waals surface area contributed by atoms with E-state index in [0.29, 0.717) is 6.42 Å². The summed E-state index contributed by atoms with van der Waals surface area (Å²) < 4.78 is 39.6. The third kappa shape index (κ3) is 2.76. The highest BCUT2D eigenvalue weighted by molar-refractivity contribution is 7.89. The average Bonchev–Trinajstić information content (AvgIpc) is 2.36. The molecule has 1 aromatic rings. The van der Waals surface area contributed by atoms with Gasteiger partial charge in [-0.1, -0.05) is 18.5 Å². The minimum atomic E-state index is -4.24. The predicted octanol–water partition coefficient (Wildman–Crippen LogP) is 1.32. The van der Waals surface area contributed by atoms with E-state index in [-0.39, 0.29) is 18.1 Å². The molecule has 1 aliphatic rings. The Morgan fingerprint density at radius 2 is 2.05 bits per heavy atom. The Hall–Kier alpha value is -1.22. The highest BCUT2D eigenvalue weighted by Crippen LogP contribution is 2.33. The van der Waals surface area contributed by atoms with E-state index in [9.17, 15) is 22.7 Å². The van der Waals surface area contributed by atoms with Crippen LogP contribution in [0.1, 0.15) is 23.7 Å². The Balaban J connectivity index is 2.45. The van der Waals surface area contributed by atoms with Crippen molar-refractivity contribution >= 4 is 27.6 Å². The van der Waals surface area contributed by atoms with E-state index in [1.165, 1.54) is 0 Å². The van der Waals surface area contributed by atoms with Crippen LogP contribution in [0.3, 0.4) is 0 Å². The predicted molar refractivity (Wildman–Crippen MR) is 72.4 cm³/mol. The molecule has 0 unspecified atom stereocenters. The van der Waals surface area contributed by atoms with E-state index >= 15 is 0 Å². The molecule has 116 valence electrons. The number of aliphatic hydroxyl groups is 1. The van der Waals surface area contributed by atoms with Crippen LogP contribution >= 0.6 is 11.6 Å². The van der Waals surface area contributed by atoms with Crippen LogP contribution in [-0.4, -0.2) is 47.6 Å². The van der Waals surface area contributed by atoms with Crippen molar-refractivity contribution in [2.24, 2.45) is 0 Å². The van der Waals surface area contributed by atoms with E-state index in [0.717, 1.165) is 16.4 Å². The van der Waals surface area contributed by atoms with Crippen molar-refractivity contribution in [2.45, 2.75) is 23.8 Å². The van der Waals surface area contributed by atoms with Gasteiger partial charge in [-0.2, -0.15) is 4.31 Å². The van der Waals surface area contributed by atoms with Gasteiger partial charge in [-0.3, -0.25) is 0 Å². The molecule has 6 nitrogen and oxygen atoms in total. The molecule has 0 bridgehead atoms. The molecule has 0 atom stereocenters. The van der Waals surface area contributed by atoms with Gasteiger partial charge < -0.3 is 10.2 Å². The lowest BCUT2D eigenvalue weighted by Gasteiger charge is -2.44. The monoisotopic (exact) mass is 337 g/mol. The van der Waals surface area contributed by atoms with Crippen molar-refractivity contribution in [3.8, 4) is 0 Å². The van der Waals surface area contributed by atoms with Crippen LogP contribution in [0.4, 0.5) is 4.39 Å². The number of hydrogen-bond donors (Lipinski definition) is 2. The van der Waals surface area contributed by atoms with Crippen LogP contribution in [0.25, 0.3) is 0 Å². The quantitative estimate of drug-likeness (QED) is 0.864. The number of benzene rings is 1. The molecule has 2 rings (SSSR count). The highest BCUT2D eigenvalue weighted by Gasteiger charge is 2.47. The summed E-state index contributed by atoms with van der Waals surface area (Å²) in [5, 5.41) is 18.5. The number of hydrogen-bond acceptors (Lipinski definition) is 4. The van der Waals surface area contributed by atoms with Gasteiger partial charge in [-0.15, -0.1) is 0 Å². The molecule has 0 aliphatic carbocycles. The average molecular weight is 338 g/mol. The van der Waals surface area contributed by atoms with Crippen LogP contribution in [0, 0.1) is 5.82 Å². The second-order valence-electron chi connectivity index (χ2n) is 4.92. The summed E-state index contributed by atoms with van der Waals surface area (Å²) in [4.78, 5) is 10.1. The number of rotatable bonds is 4. The minimum absolute atomic E-state index is 0.166. The molecule has 1 heterocycles. The summed E-state index contributed by atoms with van der Waals surface area (Å²) in [7, 11) is -4.24. The number of β-amino-alcohol motifs (C(OH)–C–C–N with tert-alkyl or cyclic N) is 1. The number of nitrogens with zero attached hydrogens (tertiary/aromatic N) is 1. The lowest BCUT2D eigenvalue weighted by molar-refractivity contribution is -0.0614. The largest absolute Gasteiger partial charge is 0.478 e. The van der Waals surface area contributed by atoms with Crippen LogP contribution in [0.5, 0.6) is 0 Å². The first-order chi connectivity index (χ1) is 9.60. The summed E-state index contributed by atoms with van der Waals surface area (Å²) in [6.45, 7) is 1.37. The van der Waals surface area contributed by atoms with Gasteiger partial charge in [-0.25, -0.2) is 17.6 Å². The van der Waals surface area contributed by atoms with Crippen molar-refractivity contribution in [1.82, 2.24) is 4.31 Å². The SMILES string of the molecule is CCC1(O)CN(S(=O)(=O)c2cc(Cl)cc(C(=O)O)c2F)C1. The lowest BCUT2D eigenvalue weighted by Crippen LogP contribution is -2.62. The van der Waals surface area contributed by atoms with Crippen molar-refractivity contribution in [1.29, 1.82) is 0 Å². The van der Waals surface area contributed by atoms with Crippen LogP contribution in [-0.2, 0) is 10.0 Å². The molecule has 0 amide bonds. The minimum Gasteiger partial charge on any atom is -0.478 e. The van der Waals surface area contributed by atoms with Gasteiger partial charge in [0.1, 0.15) is 4.90 Å². The van der Waals surface area contributed by atoms with Crippen molar-refractivity contribution in [2.75, 3.05) is 13.1 Å². The van der Waals surface area contributed by atoms with E-state index in [2.05, 4.69) is 0 Å². The summed E-state index contributed by atoms with van der Waals surface area (Å²) in [5.74, 6) is -2.97. The summed E-state index contributed by atoms with van der Waals surface area (Å²) in [6, 6.07) is 1.71. The molecule has 1 aromatic carbocycles. The third-order valence-electron chi connectivity index (χ3n) is 3.45. The number of sulfonamides is 1. The van der Waals surface area contributed by atoms with Crippen molar-refractivity contribution < 1.29 is 27.8 Å². The fraction of sp³-hybridized carbons (Fsp3) is 0.417. The molecule has 0 radical (unpaired) electrons. The lowest BCUT2D eigenvalue weighted by atomic mass is 9.94. The number of aromatic carboxylic acids is 1. The van der Waals surface area contributed by atoms with E-state index < -0.39 is 37.9 Å². The molecule has 1 saturated heterocycles. The Bertz CT molecular complexity index is 700. The maximum absolute atomic E-state index is 14.1. The molecule has 0 saturated carbocycles. The first-order valence-electron chi connectivity index (χ1n) is 6.05. The molecular weight excluding hydrogens is 325 g/mol. The second-order valence-corrected chi connectivity index (χ2v) is 7.26. The third-order valence-corrected chi connectivity index (χ3v) is 5.46. The zero-order valence-corrected chi connectivity index (χ0v) is 12.6. The summed E-state index contributed by atoms with van der Waals surface area (Å²) in [5.41, 5.74) is -1.94. The molecule has 0 spiro atoms. The maximum atomic E-state index is 14.1. The number of carbonyl (C=O) groups is 1. The zero-order chi connectivity index (χ0) is 16.0. The van der Waals surface area contributed by atoms with Gasteiger partial charge in [0.05, 0.1) is 11.2 Å². The normalized spacial score (nSPS) is 18.3. The van der Waals surface area contributed by atoms with Gasteiger partial charge in [0.2, 0.25) is 10.0 Å². The van der Waals surface area contributed by atoms with Crippen molar-refractivity contribution in [3.63, 3.8) is 0 Å². The molecule has 1 fully saturated rings. The van der Waals surface area contributed by atoms with Crippen molar-refractivity contribution in [3.05, 3.63) is 28.5 Å². The fourth-order valence-corrected chi connectivity index (χ4v) is 4.04. The molecule has 9 heteroatoms. The van der Waals surface area contributed by atoms with Gasteiger partial charge in [0, 0.05) is 18.1 Å². The first-order valence-corrected chi connectivity index (χ1v) is 7.87. The first kappa shape index (κ1) is 16.2. The Kier molecular flexibility index (Phi) is 4.00. The molecule has 21 heavy (non-hydrogen) atoms. The number of halogens is 2. The maximum Gasteiger partial charge on any atom is 0.338 e. The Morgan fingerprint density at radius 1 is 1.48 bits per heavy atom. The molecule has 0 aromatic heterocycles.